The van der Waals surface area contributed by atoms with Crippen molar-refractivity contribution in [2.75, 3.05) is 9.80 Å². The maximum absolute atomic E-state index is 13.3. The lowest BCUT2D eigenvalue weighted by Crippen LogP contribution is -2.54. The van der Waals surface area contributed by atoms with E-state index in [0.717, 1.165) is 12.1 Å². The van der Waals surface area contributed by atoms with Crippen LogP contribution in [0.25, 0.3) is 0 Å². The Morgan fingerprint density at radius 2 is 1.50 bits per heavy atom. The molecule has 3 aromatic rings. The number of carbonyl (C=O) groups is 2. The lowest BCUT2D eigenvalue weighted by molar-refractivity contribution is -0.137. The molecule has 0 bridgehead atoms. The number of halogens is 4. The third-order valence-corrected chi connectivity index (χ3v) is 5.37. The van der Waals surface area contributed by atoms with Crippen molar-refractivity contribution in [2.24, 2.45) is 0 Å². The van der Waals surface area contributed by atoms with Gasteiger partial charge in [-0.05, 0) is 61.0 Å². The molecular formula is C24H18F4N2O2. The molecule has 0 saturated heterocycles. The first-order chi connectivity index (χ1) is 15.2. The first-order valence-corrected chi connectivity index (χ1v) is 9.82. The smallest absolute Gasteiger partial charge is 0.304 e. The third kappa shape index (κ3) is 3.95. The molecule has 1 atom stereocenters. The standard InChI is InChI=1S/C24H18F4N2O2/c1-15-22(31)29(14-16-6-10-18(11-7-16)24(26,27)28)20-4-2-3-5-21(20)30(15)23(32)17-8-12-19(25)13-9-17/h2-13,15H,14H2,1H3/t15-/m0/s1. The van der Waals surface area contributed by atoms with Gasteiger partial charge in [0.05, 0.1) is 23.5 Å². The summed E-state index contributed by atoms with van der Waals surface area (Å²) in [6, 6.07) is 15.6. The van der Waals surface area contributed by atoms with Crippen LogP contribution in [0.1, 0.15) is 28.4 Å². The van der Waals surface area contributed by atoms with Crippen LogP contribution in [0.2, 0.25) is 0 Å². The molecule has 2 amide bonds. The van der Waals surface area contributed by atoms with E-state index >= 15 is 0 Å². The van der Waals surface area contributed by atoms with Crippen molar-refractivity contribution in [3.8, 4) is 0 Å². The molecule has 4 nitrogen and oxygen atoms in total. The van der Waals surface area contributed by atoms with Crippen LogP contribution in [0, 0.1) is 5.82 Å². The molecule has 0 N–H and O–H groups in total. The van der Waals surface area contributed by atoms with E-state index in [9.17, 15) is 27.2 Å². The van der Waals surface area contributed by atoms with Crippen LogP contribution in [0.5, 0.6) is 0 Å². The maximum atomic E-state index is 13.3. The van der Waals surface area contributed by atoms with Crippen molar-refractivity contribution in [2.45, 2.75) is 25.7 Å². The van der Waals surface area contributed by atoms with Gasteiger partial charge < -0.3 is 4.90 Å². The van der Waals surface area contributed by atoms with Gasteiger partial charge in [0.2, 0.25) is 5.91 Å². The van der Waals surface area contributed by atoms with E-state index in [1.54, 1.807) is 31.2 Å². The number of benzene rings is 3. The molecule has 0 aromatic heterocycles. The number of amides is 2. The van der Waals surface area contributed by atoms with Crippen molar-refractivity contribution in [3.05, 3.63) is 95.3 Å². The fraction of sp³-hybridized carbons (Fsp3) is 0.167. The molecule has 4 rings (SSSR count). The Bertz CT molecular complexity index is 1160. The normalized spacial score (nSPS) is 16.2. The van der Waals surface area contributed by atoms with E-state index in [4.69, 9.17) is 0 Å². The zero-order valence-electron chi connectivity index (χ0n) is 16.9. The summed E-state index contributed by atoms with van der Waals surface area (Å²) in [6.07, 6.45) is -4.44. The van der Waals surface area contributed by atoms with Gasteiger partial charge in [0.15, 0.2) is 0 Å². The minimum Gasteiger partial charge on any atom is -0.304 e. The predicted octanol–water partition coefficient (Wildman–Crippen LogP) is 5.43. The summed E-state index contributed by atoms with van der Waals surface area (Å²) in [6.45, 7) is 1.64. The van der Waals surface area contributed by atoms with Crippen LogP contribution in [0.3, 0.4) is 0 Å². The monoisotopic (exact) mass is 442 g/mol. The van der Waals surface area contributed by atoms with Crippen LogP contribution < -0.4 is 9.80 Å². The van der Waals surface area contributed by atoms with Crippen LogP contribution in [-0.2, 0) is 17.5 Å². The Hall–Kier alpha value is -3.68. The molecule has 1 aliphatic rings. The molecule has 0 radical (unpaired) electrons. The van der Waals surface area contributed by atoms with E-state index in [-0.39, 0.29) is 18.0 Å². The highest BCUT2D eigenvalue weighted by molar-refractivity contribution is 6.17. The first-order valence-electron chi connectivity index (χ1n) is 9.82. The summed E-state index contributed by atoms with van der Waals surface area (Å²) in [5.74, 6) is -1.31. The Kier molecular flexibility index (Phi) is 5.46. The van der Waals surface area contributed by atoms with Gasteiger partial charge in [0.25, 0.3) is 5.91 Å². The summed E-state index contributed by atoms with van der Waals surface area (Å²) in [7, 11) is 0. The van der Waals surface area contributed by atoms with Crippen molar-refractivity contribution in [3.63, 3.8) is 0 Å². The fourth-order valence-electron chi connectivity index (χ4n) is 3.72. The number of hydrogen-bond acceptors (Lipinski definition) is 2. The molecule has 0 unspecified atom stereocenters. The average molecular weight is 442 g/mol. The lowest BCUT2D eigenvalue weighted by atomic mass is 10.0. The molecule has 0 spiro atoms. The zero-order chi connectivity index (χ0) is 23.0. The number of nitrogens with zero attached hydrogens (tertiary/aromatic N) is 2. The summed E-state index contributed by atoms with van der Waals surface area (Å²) in [4.78, 5) is 29.2. The van der Waals surface area contributed by atoms with Crippen molar-refractivity contribution < 1.29 is 27.2 Å². The van der Waals surface area contributed by atoms with Gasteiger partial charge in [-0.15, -0.1) is 0 Å². The number of para-hydroxylation sites is 2. The topological polar surface area (TPSA) is 40.6 Å². The number of rotatable bonds is 3. The second kappa shape index (κ2) is 8.11. The minimum atomic E-state index is -4.44. The Labute approximate surface area is 181 Å². The highest BCUT2D eigenvalue weighted by Gasteiger charge is 2.39. The van der Waals surface area contributed by atoms with E-state index in [1.165, 1.54) is 46.2 Å². The highest BCUT2D eigenvalue weighted by Crippen LogP contribution is 2.38. The van der Waals surface area contributed by atoms with Crippen molar-refractivity contribution >= 4 is 23.2 Å². The van der Waals surface area contributed by atoms with Gasteiger partial charge >= 0.3 is 6.18 Å². The van der Waals surface area contributed by atoms with Gasteiger partial charge in [-0.2, -0.15) is 13.2 Å². The highest BCUT2D eigenvalue weighted by atomic mass is 19.4. The number of carbonyl (C=O) groups excluding carboxylic acids is 2. The average Bonchev–Trinajstić information content (AvgIpc) is 2.77. The summed E-state index contributed by atoms with van der Waals surface area (Å²) in [5, 5.41) is 0. The van der Waals surface area contributed by atoms with E-state index < -0.39 is 29.5 Å². The van der Waals surface area contributed by atoms with Gasteiger partial charge in [0, 0.05) is 5.56 Å². The molecule has 0 saturated carbocycles. The second-order valence-corrected chi connectivity index (χ2v) is 7.47. The quantitative estimate of drug-likeness (QED) is 0.508. The predicted molar refractivity (Wildman–Crippen MR) is 112 cm³/mol. The van der Waals surface area contributed by atoms with Crippen LogP contribution in [-0.4, -0.2) is 17.9 Å². The SMILES string of the molecule is C[C@H]1C(=O)N(Cc2ccc(C(F)(F)F)cc2)c2ccccc2N1C(=O)c1ccc(F)cc1. The summed E-state index contributed by atoms with van der Waals surface area (Å²) in [5.41, 5.74) is 0.937. The Balaban J connectivity index is 1.68. The van der Waals surface area contributed by atoms with E-state index in [2.05, 4.69) is 0 Å². The zero-order valence-corrected chi connectivity index (χ0v) is 16.9. The number of anilines is 2. The van der Waals surface area contributed by atoms with Gasteiger partial charge in [0.1, 0.15) is 11.9 Å². The van der Waals surface area contributed by atoms with Crippen molar-refractivity contribution in [1.82, 2.24) is 0 Å². The van der Waals surface area contributed by atoms with Crippen LogP contribution in [0.4, 0.5) is 28.9 Å². The second-order valence-electron chi connectivity index (χ2n) is 7.47. The third-order valence-electron chi connectivity index (χ3n) is 5.37. The molecule has 1 aliphatic heterocycles. The maximum Gasteiger partial charge on any atom is 0.416 e. The number of hydrogen-bond donors (Lipinski definition) is 0. The molecule has 32 heavy (non-hydrogen) atoms. The molecule has 3 aromatic carbocycles. The Morgan fingerprint density at radius 3 is 2.09 bits per heavy atom. The molecule has 8 heteroatoms. The minimum absolute atomic E-state index is 0.0525. The summed E-state index contributed by atoms with van der Waals surface area (Å²) < 4.78 is 51.8. The molecule has 1 heterocycles. The van der Waals surface area contributed by atoms with Gasteiger partial charge in [-0.1, -0.05) is 24.3 Å². The van der Waals surface area contributed by atoms with Crippen LogP contribution >= 0.6 is 0 Å². The molecule has 0 fully saturated rings. The Morgan fingerprint density at radius 1 is 0.906 bits per heavy atom. The number of alkyl halides is 3. The van der Waals surface area contributed by atoms with Crippen LogP contribution in [0.15, 0.2) is 72.8 Å². The summed E-state index contributed by atoms with van der Waals surface area (Å²) >= 11 is 0. The van der Waals surface area contributed by atoms with Gasteiger partial charge in [-0.3, -0.25) is 14.5 Å². The van der Waals surface area contributed by atoms with Crippen molar-refractivity contribution in [1.29, 1.82) is 0 Å². The van der Waals surface area contributed by atoms with Gasteiger partial charge in [-0.25, -0.2) is 4.39 Å². The van der Waals surface area contributed by atoms with E-state index in [1.807, 2.05) is 0 Å². The number of fused-ring (bicyclic) bond motifs is 1. The molecule has 164 valence electrons. The van der Waals surface area contributed by atoms with E-state index in [0.29, 0.717) is 16.9 Å². The first kappa shape index (κ1) is 21.5. The lowest BCUT2D eigenvalue weighted by Gasteiger charge is -2.40. The molecular weight excluding hydrogens is 424 g/mol. The largest absolute Gasteiger partial charge is 0.416 e. The fourth-order valence-corrected chi connectivity index (χ4v) is 3.72. The molecule has 0 aliphatic carbocycles.